The van der Waals surface area contributed by atoms with Gasteiger partial charge in [-0.25, -0.2) is 0 Å². The first-order valence-electron chi connectivity index (χ1n) is 8.43. The zero-order chi connectivity index (χ0) is 14.0. The summed E-state index contributed by atoms with van der Waals surface area (Å²) in [4.78, 5) is 2.75. The van der Waals surface area contributed by atoms with Gasteiger partial charge in [-0.05, 0) is 56.4 Å². The van der Waals surface area contributed by atoms with E-state index in [-0.39, 0.29) is 6.10 Å². The molecule has 0 radical (unpaired) electrons. The van der Waals surface area contributed by atoms with Gasteiger partial charge in [-0.2, -0.15) is 0 Å². The summed E-state index contributed by atoms with van der Waals surface area (Å²) in [5, 5.41) is 10.1. The van der Waals surface area contributed by atoms with Gasteiger partial charge in [0.2, 0.25) is 0 Å². The molecule has 2 heteroatoms. The SMILES string of the molecule is CCCN(C1CC1)C1CC(O)CCC1C(C)(C)CC. The normalized spacial score (nSPS) is 32.8. The van der Waals surface area contributed by atoms with Gasteiger partial charge >= 0.3 is 0 Å². The number of hydrogen-bond donors (Lipinski definition) is 1. The van der Waals surface area contributed by atoms with Gasteiger partial charge in [0.1, 0.15) is 0 Å². The molecule has 0 aromatic heterocycles. The van der Waals surface area contributed by atoms with Gasteiger partial charge in [-0.15, -0.1) is 0 Å². The second-order valence-corrected chi connectivity index (χ2v) is 7.45. The van der Waals surface area contributed by atoms with Crippen LogP contribution in [0.25, 0.3) is 0 Å². The molecule has 0 saturated heterocycles. The van der Waals surface area contributed by atoms with Crippen molar-refractivity contribution in [3.8, 4) is 0 Å². The molecule has 19 heavy (non-hydrogen) atoms. The van der Waals surface area contributed by atoms with Gasteiger partial charge in [0, 0.05) is 12.1 Å². The fraction of sp³-hybridized carbons (Fsp3) is 1.00. The van der Waals surface area contributed by atoms with Crippen LogP contribution in [0, 0.1) is 11.3 Å². The fourth-order valence-corrected chi connectivity index (χ4v) is 3.95. The molecule has 2 rings (SSSR count). The lowest BCUT2D eigenvalue weighted by Crippen LogP contribution is -2.51. The first-order chi connectivity index (χ1) is 8.99. The second kappa shape index (κ2) is 6.13. The van der Waals surface area contributed by atoms with Gasteiger partial charge in [-0.3, -0.25) is 4.90 Å². The van der Waals surface area contributed by atoms with E-state index in [9.17, 15) is 5.11 Å². The third-order valence-electron chi connectivity index (χ3n) is 5.63. The summed E-state index contributed by atoms with van der Waals surface area (Å²) in [6.07, 6.45) is 8.40. The fourth-order valence-electron chi connectivity index (χ4n) is 3.95. The topological polar surface area (TPSA) is 23.5 Å². The molecule has 2 fully saturated rings. The van der Waals surface area contributed by atoms with Gasteiger partial charge < -0.3 is 5.11 Å². The van der Waals surface area contributed by atoms with Crippen molar-refractivity contribution >= 4 is 0 Å². The van der Waals surface area contributed by atoms with Crippen LogP contribution < -0.4 is 0 Å². The molecule has 0 spiro atoms. The second-order valence-electron chi connectivity index (χ2n) is 7.45. The van der Waals surface area contributed by atoms with E-state index in [1.807, 2.05) is 0 Å². The molecule has 0 aromatic rings. The third-order valence-corrected chi connectivity index (χ3v) is 5.63. The Morgan fingerprint density at radius 2 is 1.79 bits per heavy atom. The lowest BCUT2D eigenvalue weighted by Gasteiger charge is -2.48. The Kier molecular flexibility index (Phi) is 4.94. The highest BCUT2D eigenvalue weighted by molar-refractivity contribution is 4.98. The van der Waals surface area contributed by atoms with Crippen LogP contribution in [-0.4, -0.2) is 34.7 Å². The van der Waals surface area contributed by atoms with E-state index in [1.54, 1.807) is 0 Å². The van der Waals surface area contributed by atoms with Crippen LogP contribution in [0.3, 0.4) is 0 Å². The van der Waals surface area contributed by atoms with Gasteiger partial charge in [0.25, 0.3) is 0 Å². The highest BCUT2D eigenvalue weighted by atomic mass is 16.3. The van der Waals surface area contributed by atoms with E-state index in [0.717, 1.165) is 24.8 Å². The average Bonchev–Trinajstić information content (AvgIpc) is 3.19. The Labute approximate surface area is 119 Å². The molecule has 3 unspecified atom stereocenters. The monoisotopic (exact) mass is 267 g/mol. The standard InChI is InChI=1S/C17H33NO/c1-5-11-18(13-7-8-13)16-12-14(19)9-10-15(16)17(3,4)6-2/h13-16,19H,5-12H2,1-4H3. The summed E-state index contributed by atoms with van der Waals surface area (Å²) in [5.74, 6) is 0.757. The molecule has 0 heterocycles. The number of hydrogen-bond acceptors (Lipinski definition) is 2. The third kappa shape index (κ3) is 3.52. The first kappa shape index (κ1) is 15.3. The van der Waals surface area contributed by atoms with Gasteiger partial charge in [0.15, 0.2) is 0 Å². The summed E-state index contributed by atoms with van der Waals surface area (Å²) in [6, 6.07) is 1.44. The van der Waals surface area contributed by atoms with Crippen molar-refractivity contribution < 1.29 is 5.11 Å². The van der Waals surface area contributed by atoms with Crippen molar-refractivity contribution in [1.29, 1.82) is 0 Å². The molecule has 2 saturated carbocycles. The van der Waals surface area contributed by atoms with Crippen LogP contribution in [0.4, 0.5) is 0 Å². The largest absolute Gasteiger partial charge is 0.393 e. The predicted molar refractivity (Wildman–Crippen MR) is 81.2 cm³/mol. The first-order valence-corrected chi connectivity index (χ1v) is 8.43. The lowest BCUT2D eigenvalue weighted by molar-refractivity contribution is -0.0215. The molecule has 0 aliphatic heterocycles. The van der Waals surface area contributed by atoms with E-state index < -0.39 is 0 Å². The Balaban J connectivity index is 2.14. The summed E-state index contributed by atoms with van der Waals surface area (Å²) in [5.41, 5.74) is 0.408. The molecule has 112 valence electrons. The molecule has 3 atom stereocenters. The number of aliphatic hydroxyl groups is 1. The number of nitrogens with zero attached hydrogens (tertiary/aromatic N) is 1. The molecule has 0 aromatic carbocycles. The molecule has 0 bridgehead atoms. The molecule has 0 amide bonds. The molecular weight excluding hydrogens is 234 g/mol. The quantitative estimate of drug-likeness (QED) is 0.790. The van der Waals surface area contributed by atoms with Crippen LogP contribution in [0.1, 0.15) is 72.6 Å². The molecule has 2 aliphatic rings. The maximum atomic E-state index is 10.1. The van der Waals surface area contributed by atoms with Crippen LogP contribution in [0.5, 0.6) is 0 Å². The summed E-state index contributed by atoms with van der Waals surface area (Å²) in [6.45, 7) is 10.7. The maximum absolute atomic E-state index is 10.1. The lowest BCUT2D eigenvalue weighted by atomic mass is 9.66. The zero-order valence-corrected chi connectivity index (χ0v) is 13.4. The van der Waals surface area contributed by atoms with Crippen LogP contribution in [0.15, 0.2) is 0 Å². The minimum Gasteiger partial charge on any atom is -0.393 e. The van der Waals surface area contributed by atoms with Crippen molar-refractivity contribution in [2.24, 2.45) is 11.3 Å². The number of rotatable bonds is 6. The summed E-state index contributed by atoms with van der Waals surface area (Å²) < 4.78 is 0. The Hall–Kier alpha value is -0.0800. The molecular formula is C17H33NO. The van der Waals surface area contributed by atoms with Crippen molar-refractivity contribution in [3.05, 3.63) is 0 Å². The van der Waals surface area contributed by atoms with Crippen molar-refractivity contribution in [1.82, 2.24) is 4.90 Å². The Morgan fingerprint density at radius 3 is 2.32 bits per heavy atom. The average molecular weight is 267 g/mol. The van der Waals surface area contributed by atoms with E-state index in [0.29, 0.717) is 11.5 Å². The van der Waals surface area contributed by atoms with E-state index in [4.69, 9.17) is 0 Å². The zero-order valence-electron chi connectivity index (χ0n) is 13.4. The molecule has 2 aliphatic carbocycles. The van der Waals surface area contributed by atoms with E-state index in [2.05, 4.69) is 32.6 Å². The highest BCUT2D eigenvalue weighted by Gasteiger charge is 2.44. The summed E-state index contributed by atoms with van der Waals surface area (Å²) in [7, 11) is 0. The van der Waals surface area contributed by atoms with Crippen LogP contribution in [-0.2, 0) is 0 Å². The maximum Gasteiger partial charge on any atom is 0.0555 e. The van der Waals surface area contributed by atoms with Crippen LogP contribution >= 0.6 is 0 Å². The van der Waals surface area contributed by atoms with E-state index in [1.165, 1.54) is 38.6 Å². The van der Waals surface area contributed by atoms with Crippen molar-refractivity contribution in [3.63, 3.8) is 0 Å². The number of aliphatic hydroxyl groups excluding tert-OH is 1. The summed E-state index contributed by atoms with van der Waals surface area (Å²) >= 11 is 0. The van der Waals surface area contributed by atoms with Crippen LogP contribution in [0.2, 0.25) is 0 Å². The van der Waals surface area contributed by atoms with Crippen molar-refractivity contribution in [2.45, 2.75) is 90.8 Å². The highest BCUT2D eigenvalue weighted by Crippen LogP contribution is 2.45. The minimum atomic E-state index is -0.0630. The smallest absolute Gasteiger partial charge is 0.0555 e. The molecule has 1 N–H and O–H groups in total. The van der Waals surface area contributed by atoms with Gasteiger partial charge in [0.05, 0.1) is 6.10 Å². The molecule has 2 nitrogen and oxygen atoms in total. The Morgan fingerprint density at radius 1 is 1.11 bits per heavy atom. The van der Waals surface area contributed by atoms with Gasteiger partial charge in [-0.1, -0.05) is 34.1 Å². The predicted octanol–water partition coefficient (Wildman–Crippen LogP) is 3.83. The van der Waals surface area contributed by atoms with E-state index >= 15 is 0 Å². The minimum absolute atomic E-state index is 0.0630. The Bertz CT molecular complexity index is 285. The van der Waals surface area contributed by atoms with Crippen molar-refractivity contribution in [2.75, 3.05) is 6.54 Å².